The maximum atomic E-state index is 12.9. The number of nitrogens with two attached hydrogens (primary N) is 1. The van der Waals surface area contributed by atoms with Crippen LogP contribution in [0.25, 0.3) is 0 Å². The molecular formula is C35H69N5O2. The third-order valence-electron chi connectivity index (χ3n) is 8.51. The Kier molecular flexibility index (Phi) is 26.0. The highest BCUT2D eigenvalue weighted by atomic mass is 16.2. The second kappa shape index (κ2) is 28.3. The van der Waals surface area contributed by atoms with Crippen LogP contribution in [0.2, 0.25) is 0 Å². The smallest absolute Gasteiger partial charge is 0.242 e. The summed E-state index contributed by atoms with van der Waals surface area (Å²) in [5.74, 6) is -0.0456. The van der Waals surface area contributed by atoms with Crippen LogP contribution < -0.4 is 16.4 Å². The molecule has 1 atom stereocenters. The number of carbonyl (C=O) groups is 2. The Morgan fingerprint density at radius 1 is 0.690 bits per heavy atom. The molecule has 0 bridgehead atoms. The van der Waals surface area contributed by atoms with Gasteiger partial charge in [0.1, 0.15) is 6.04 Å². The second-order valence-electron chi connectivity index (χ2n) is 12.4. The molecule has 1 aliphatic heterocycles. The molecule has 42 heavy (non-hydrogen) atoms. The Labute approximate surface area is 260 Å². The van der Waals surface area contributed by atoms with Crippen LogP contribution in [-0.4, -0.2) is 80.0 Å². The lowest BCUT2D eigenvalue weighted by Gasteiger charge is -2.34. The molecule has 0 aliphatic carbocycles. The van der Waals surface area contributed by atoms with Crippen LogP contribution in [0, 0.1) is 0 Å². The molecule has 1 saturated heterocycles. The summed E-state index contributed by atoms with van der Waals surface area (Å²) < 4.78 is 0. The maximum Gasteiger partial charge on any atom is 0.242 e. The van der Waals surface area contributed by atoms with E-state index in [0.717, 1.165) is 64.8 Å². The van der Waals surface area contributed by atoms with Crippen LogP contribution in [0.1, 0.15) is 142 Å². The van der Waals surface area contributed by atoms with Crippen molar-refractivity contribution in [3.63, 3.8) is 0 Å². The van der Waals surface area contributed by atoms with Crippen LogP contribution >= 0.6 is 0 Å². The average molecular weight is 592 g/mol. The first-order valence-electron chi connectivity index (χ1n) is 18.0. The molecule has 0 saturated carbocycles. The molecule has 2 amide bonds. The van der Waals surface area contributed by atoms with E-state index >= 15 is 0 Å². The summed E-state index contributed by atoms with van der Waals surface area (Å²) in [5.41, 5.74) is 5.66. The highest BCUT2D eigenvalue weighted by Gasteiger charge is 2.20. The van der Waals surface area contributed by atoms with Gasteiger partial charge in [-0.15, -0.1) is 0 Å². The number of hydrogen-bond acceptors (Lipinski definition) is 5. The van der Waals surface area contributed by atoms with E-state index in [-0.39, 0.29) is 11.8 Å². The predicted molar refractivity (Wildman–Crippen MR) is 180 cm³/mol. The Bertz CT molecular complexity index is 664. The van der Waals surface area contributed by atoms with Gasteiger partial charge in [0.2, 0.25) is 11.8 Å². The molecule has 0 aromatic carbocycles. The predicted octanol–water partition coefficient (Wildman–Crippen LogP) is 6.56. The molecule has 1 unspecified atom stereocenters. The molecule has 1 heterocycles. The number of carbonyl (C=O) groups excluding carboxylic acids is 2. The fourth-order valence-corrected chi connectivity index (χ4v) is 5.64. The largest absolute Gasteiger partial charge is 0.354 e. The average Bonchev–Trinajstić information content (AvgIpc) is 3.00. The second-order valence-corrected chi connectivity index (χ2v) is 12.4. The summed E-state index contributed by atoms with van der Waals surface area (Å²) in [7, 11) is 0. The molecule has 1 aliphatic rings. The van der Waals surface area contributed by atoms with Crippen LogP contribution in [0.15, 0.2) is 12.2 Å². The van der Waals surface area contributed by atoms with Crippen molar-refractivity contribution < 1.29 is 9.59 Å². The third kappa shape index (κ3) is 22.1. The first kappa shape index (κ1) is 38.6. The number of piperazine rings is 1. The molecule has 246 valence electrons. The fourth-order valence-electron chi connectivity index (χ4n) is 5.64. The highest BCUT2D eigenvalue weighted by molar-refractivity contribution is 5.87. The Morgan fingerprint density at radius 3 is 1.83 bits per heavy atom. The van der Waals surface area contributed by atoms with E-state index < -0.39 is 6.04 Å². The van der Waals surface area contributed by atoms with Gasteiger partial charge >= 0.3 is 0 Å². The van der Waals surface area contributed by atoms with Gasteiger partial charge in [0, 0.05) is 39.1 Å². The number of nitrogens with zero attached hydrogens (tertiary/aromatic N) is 2. The van der Waals surface area contributed by atoms with E-state index in [1.54, 1.807) is 0 Å². The van der Waals surface area contributed by atoms with Gasteiger partial charge in [-0.3, -0.25) is 9.59 Å². The van der Waals surface area contributed by atoms with Gasteiger partial charge in [-0.1, -0.05) is 83.8 Å². The zero-order chi connectivity index (χ0) is 30.5. The lowest BCUT2D eigenvalue weighted by Crippen LogP contribution is -2.48. The fraction of sp³-hybridized carbons (Fsp3) is 0.886. The van der Waals surface area contributed by atoms with Crippen LogP contribution in [-0.2, 0) is 9.59 Å². The minimum atomic E-state index is -0.450. The monoisotopic (exact) mass is 592 g/mol. The van der Waals surface area contributed by atoms with Crippen molar-refractivity contribution in [2.45, 2.75) is 148 Å². The van der Waals surface area contributed by atoms with Gasteiger partial charge in [-0.2, -0.15) is 0 Å². The van der Waals surface area contributed by atoms with Gasteiger partial charge in [-0.05, 0) is 83.8 Å². The van der Waals surface area contributed by atoms with Gasteiger partial charge < -0.3 is 26.2 Å². The zero-order valence-electron chi connectivity index (χ0n) is 27.8. The summed E-state index contributed by atoms with van der Waals surface area (Å²) in [4.78, 5) is 30.6. The van der Waals surface area contributed by atoms with Gasteiger partial charge in [-0.25, -0.2) is 0 Å². The molecule has 7 nitrogen and oxygen atoms in total. The van der Waals surface area contributed by atoms with Crippen LogP contribution in [0.3, 0.4) is 0 Å². The maximum absolute atomic E-state index is 12.9. The van der Waals surface area contributed by atoms with Crippen molar-refractivity contribution in [3.05, 3.63) is 12.2 Å². The van der Waals surface area contributed by atoms with Crippen molar-refractivity contribution in [1.29, 1.82) is 0 Å². The Hall–Kier alpha value is -1.44. The summed E-state index contributed by atoms with van der Waals surface area (Å²) in [6, 6.07) is -0.450. The minimum absolute atomic E-state index is 0.00136. The lowest BCUT2D eigenvalue weighted by molar-refractivity contribution is -0.129. The number of nitrogens with one attached hydrogen (secondary N) is 2. The topological polar surface area (TPSA) is 90.7 Å². The van der Waals surface area contributed by atoms with Crippen molar-refractivity contribution in [1.82, 2.24) is 20.4 Å². The standard InChI is InChI=1S/C35H69N5O2/c1-3-5-7-8-9-10-11-12-13-14-15-16-17-18-19-24-34(41)38-33(23-20-21-25-36)35(42)37-26-22-28-40-31-29-39(30-32-40)27-6-4-2/h12-13,33H,3-11,14-32,36H2,1-2H3,(H,37,42)(H,38,41)/b13-12-. The SMILES string of the molecule is CCCCCCCC/C=C\CCCCCCCC(=O)NC(CCCCN)C(=O)NCCCN1CCN(CCCC)CC1. The molecule has 7 heteroatoms. The molecule has 0 spiro atoms. The Morgan fingerprint density at radius 2 is 1.24 bits per heavy atom. The molecule has 1 fully saturated rings. The number of amides is 2. The van der Waals surface area contributed by atoms with E-state index in [2.05, 4.69) is 46.4 Å². The van der Waals surface area contributed by atoms with Crippen molar-refractivity contribution in [2.75, 3.05) is 52.4 Å². The number of allylic oxidation sites excluding steroid dienone is 2. The summed E-state index contributed by atoms with van der Waals surface area (Å²) in [5, 5.41) is 6.11. The van der Waals surface area contributed by atoms with Crippen molar-refractivity contribution in [3.8, 4) is 0 Å². The van der Waals surface area contributed by atoms with E-state index in [4.69, 9.17) is 5.73 Å². The van der Waals surface area contributed by atoms with Crippen molar-refractivity contribution >= 4 is 11.8 Å². The van der Waals surface area contributed by atoms with Gasteiger partial charge in [0.05, 0.1) is 0 Å². The molecule has 0 radical (unpaired) electrons. The first-order chi connectivity index (χ1) is 20.6. The number of hydrogen-bond donors (Lipinski definition) is 3. The van der Waals surface area contributed by atoms with E-state index in [9.17, 15) is 9.59 Å². The normalized spacial score (nSPS) is 15.3. The van der Waals surface area contributed by atoms with E-state index in [0.29, 0.717) is 25.9 Å². The molecule has 1 rings (SSSR count). The summed E-state index contributed by atoms with van der Waals surface area (Å²) >= 11 is 0. The van der Waals surface area contributed by atoms with Crippen molar-refractivity contribution in [2.24, 2.45) is 5.73 Å². The zero-order valence-corrected chi connectivity index (χ0v) is 27.8. The Balaban J connectivity index is 2.13. The van der Waals surface area contributed by atoms with E-state index in [1.807, 2.05) is 0 Å². The molecule has 0 aromatic rings. The summed E-state index contributed by atoms with van der Waals surface area (Å²) in [6.45, 7) is 12.6. The minimum Gasteiger partial charge on any atom is -0.354 e. The van der Waals surface area contributed by atoms with E-state index in [1.165, 1.54) is 90.0 Å². The number of unbranched alkanes of at least 4 members (excludes halogenated alkanes) is 13. The van der Waals surface area contributed by atoms with Crippen LogP contribution in [0.4, 0.5) is 0 Å². The first-order valence-corrected chi connectivity index (χ1v) is 18.0. The van der Waals surface area contributed by atoms with Crippen LogP contribution in [0.5, 0.6) is 0 Å². The molecule has 0 aromatic heterocycles. The third-order valence-corrected chi connectivity index (χ3v) is 8.51. The van der Waals surface area contributed by atoms with Gasteiger partial charge in [0.15, 0.2) is 0 Å². The van der Waals surface area contributed by atoms with Gasteiger partial charge in [0.25, 0.3) is 0 Å². The summed E-state index contributed by atoms with van der Waals surface area (Å²) in [6.07, 6.45) is 27.3. The molecular weight excluding hydrogens is 522 g/mol. The lowest BCUT2D eigenvalue weighted by atomic mass is 10.1. The molecule has 4 N–H and O–H groups in total. The number of rotatable bonds is 28. The highest BCUT2D eigenvalue weighted by Crippen LogP contribution is 2.11. The quantitative estimate of drug-likeness (QED) is 0.0708.